The number of benzene rings is 2. The number of hydrogen-bond donors (Lipinski definition) is 0. The molecule has 2 aromatic rings. The highest BCUT2D eigenvalue weighted by molar-refractivity contribution is 5.86. The Kier molecular flexibility index (Phi) is 5.25. The summed E-state index contributed by atoms with van der Waals surface area (Å²) in [5, 5.41) is 0. The highest BCUT2D eigenvalue weighted by Crippen LogP contribution is 2.32. The van der Waals surface area contributed by atoms with Crippen LogP contribution in [0, 0.1) is 0 Å². The van der Waals surface area contributed by atoms with E-state index in [-0.39, 0.29) is 0 Å². The lowest BCUT2D eigenvalue weighted by molar-refractivity contribution is 0.402. The van der Waals surface area contributed by atoms with Crippen LogP contribution in [0.25, 0.3) is 0 Å². The van der Waals surface area contributed by atoms with E-state index in [1.165, 1.54) is 0 Å². The maximum atomic E-state index is 5.33. The van der Waals surface area contributed by atoms with E-state index in [9.17, 15) is 0 Å². The van der Waals surface area contributed by atoms with Crippen LogP contribution in [-0.2, 0) is 0 Å². The summed E-state index contributed by atoms with van der Waals surface area (Å²) in [6, 6.07) is 11.0. The molecule has 0 bridgehead atoms. The Morgan fingerprint density at radius 2 is 1.32 bits per heavy atom. The van der Waals surface area contributed by atoms with Crippen molar-refractivity contribution in [2.45, 2.75) is 0 Å². The molecule has 0 N–H and O–H groups in total. The van der Waals surface area contributed by atoms with Crippen molar-refractivity contribution < 1.29 is 18.9 Å². The van der Waals surface area contributed by atoms with Crippen LogP contribution >= 0.6 is 0 Å². The van der Waals surface area contributed by atoms with Gasteiger partial charge in [-0.25, -0.2) is 0 Å². The molecule has 0 unspecified atom stereocenters. The minimum absolute atomic E-state index is 0.666. The predicted octanol–water partition coefficient (Wildman–Crippen LogP) is 3.47. The lowest BCUT2D eigenvalue weighted by Crippen LogP contribution is -1.93. The summed E-state index contributed by atoms with van der Waals surface area (Å²) in [4.78, 5) is 4.47. The summed E-state index contributed by atoms with van der Waals surface area (Å²) < 4.78 is 21.1. The van der Waals surface area contributed by atoms with Crippen LogP contribution in [0.2, 0.25) is 0 Å². The van der Waals surface area contributed by atoms with E-state index in [1.54, 1.807) is 34.7 Å². The highest BCUT2D eigenvalue weighted by Gasteiger charge is 2.06. The molecule has 0 heterocycles. The Hall–Kier alpha value is -2.69. The standard InChI is InChI=1S/C17H19NO4/c1-19-13-5-7-16(21-3)12(9-13)11-18-15-10-14(20-2)6-8-17(15)22-4/h5-11H,1-4H3. The van der Waals surface area contributed by atoms with Crippen LogP contribution in [0.1, 0.15) is 5.56 Å². The van der Waals surface area contributed by atoms with E-state index in [1.807, 2.05) is 36.4 Å². The number of aliphatic imine (C=N–C) groups is 1. The summed E-state index contributed by atoms with van der Waals surface area (Å²) >= 11 is 0. The first-order chi connectivity index (χ1) is 10.7. The Morgan fingerprint density at radius 1 is 0.727 bits per heavy atom. The second kappa shape index (κ2) is 7.36. The first kappa shape index (κ1) is 15.7. The molecule has 2 aromatic carbocycles. The number of methoxy groups -OCH3 is 4. The lowest BCUT2D eigenvalue weighted by atomic mass is 10.2. The van der Waals surface area contributed by atoms with Crippen LogP contribution in [0.15, 0.2) is 41.4 Å². The molecule has 5 heteroatoms. The normalized spacial score (nSPS) is 10.5. The van der Waals surface area contributed by atoms with E-state index in [4.69, 9.17) is 18.9 Å². The van der Waals surface area contributed by atoms with Gasteiger partial charge in [0.05, 0.1) is 28.4 Å². The predicted molar refractivity (Wildman–Crippen MR) is 86.3 cm³/mol. The van der Waals surface area contributed by atoms with E-state index >= 15 is 0 Å². The van der Waals surface area contributed by atoms with Crippen molar-refractivity contribution in [3.8, 4) is 23.0 Å². The fourth-order valence-corrected chi connectivity index (χ4v) is 1.98. The topological polar surface area (TPSA) is 49.3 Å². The molecular weight excluding hydrogens is 282 g/mol. The van der Waals surface area contributed by atoms with Crippen LogP contribution in [0.5, 0.6) is 23.0 Å². The van der Waals surface area contributed by atoms with Gasteiger partial charge in [-0.1, -0.05) is 0 Å². The summed E-state index contributed by atoms with van der Waals surface area (Å²) in [5.41, 5.74) is 1.48. The first-order valence-electron chi connectivity index (χ1n) is 6.70. The van der Waals surface area contributed by atoms with Crippen molar-refractivity contribution >= 4 is 11.9 Å². The Bertz CT molecular complexity index is 610. The minimum atomic E-state index is 0.666. The van der Waals surface area contributed by atoms with Gasteiger partial charge in [0.2, 0.25) is 0 Å². The molecule has 0 aromatic heterocycles. The highest BCUT2D eigenvalue weighted by atomic mass is 16.5. The van der Waals surface area contributed by atoms with Crippen molar-refractivity contribution in [3.05, 3.63) is 42.0 Å². The van der Waals surface area contributed by atoms with Gasteiger partial charge in [-0.2, -0.15) is 0 Å². The smallest absolute Gasteiger partial charge is 0.144 e. The lowest BCUT2D eigenvalue weighted by Gasteiger charge is -2.08. The number of nitrogens with zero attached hydrogens (tertiary/aromatic N) is 1. The molecular formula is C17H19NO4. The van der Waals surface area contributed by atoms with Gasteiger partial charge >= 0.3 is 0 Å². The summed E-state index contributed by atoms with van der Waals surface area (Å²) in [5.74, 6) is 2.83. The fourth-order valence-electron chi connectivity index (χ4n) is 1.98. The first-order valence-corrected chi connectivity index (χ1v) is 6.70. The number of ether oxygens (including phenoxy) is 4. The molecule has 0 aliphatic rings. The Morgan fingerprint density at radius 3 is 1.91 bits per heavy atom. The second-order valence-corrected chi connectivity index (χ2v) is 4.40. The zero-order valence-electron chi connectivity index (χ0n) is 13.1. The zero-order valence-corrected chi connectivity index (χ0v) is 13.1. The monoisotopic (exact) mass is 301 g/mol. The van der Waals surface area contributed by atoms with Crippen molar-refractivity contribution in [3.63, 3.8) is 0 Å². The number of rotatable bonds is 6. The van der Waals surface area contributed by atoms with Crippen LogP contribution in [0.3, 0.4) is 0 Å². The van der Waals surface area contributed by atoms with Crippen molar-refractivity contribution in [1.82, 2.24) is 0 Å². The average Bonchev–Trinajstić information content (AvgIpc) is 2.59. The van der Waals surface area contributed by atoms with Crippen molar-refractivity contribution in [1.29, 1.82) is 0 Å². The summed E-state index contributed by atoms with van der Waals surface area (Å²) in [6.45, 7) is 0. The fraction of sp³-hybridized carbons (Fsp3) is 0.235. The van der Waals surface area contributed by atoms with Crippen molar-refractivity contribution in [2.75, 3.05) is 28.4 Å². The second-order valence-electron chi connectivity index (χ2n) is 4.40. The largest absolute Gasteiger partial charge is 0.497 e. The van der Waals surface area contributed by atoms with Crippen LogP contribution in [0.4, 0.5) is 5.69 Å². The van der Waals surface area contributed by atoms with Gasteiger partial charge < -0.3 is 18.9 Å². The van der Waals surface area contributed by atoms with Crippen LogP contribution in [-0.4, -0.2) is 34.7 Å². The third-order valence-corrected chi connectivity index (χ3v) is 3.17. The average molecular weight is 301 g/mol. The number of hydrogen-bond acceptors (Lipinski definition) is 5. The van der Waals surface area contributed by atoms with E-state index in [0.29, 0.717) is 22.9 Å². The van der Waals surface area contributed by atoms with Gasteiger partial charge in [-0.15, -0.1) is 0 Å². The van der Waals surface area contributed by atoms with E-state index in [2.05, 4.69) is 4.99 Å². The third kappa shape index (κ3) is 3.49. The molecule has 22 heavy (non-hydrogen) atoms. The van der Waals surface area contributed by atoms with Gasteiger partial charge in [-0.3, -0.25) is 4.99 Å². The van der Waals surface area contributed by atoms with Gasteiger partial charge in [0.25, 0.3) is 0 Å². The van der Waals surface area contributed by atoms with Gasteiger partial charge in [0.1, 0.15) is 28.7 Å². The molecule has 2 rings (SSSR count). The molecule has 0 atom stereocenters. The molecule has 116 valence electrons. The van der Waals surface area contributed by atoms with Gasteiger partial charge in [0, 0.05) is 17.8 Å². The Balaban J connectivity index is 2.39. The molecule has 0 aliphatic heterocycles. The summed E-state index contributed by atoms with van der Waals surface area (Å²) in [7, 11) is 6.45. The molecule has 0 amide bonds. The van der Waals surface area contributed by atoms with Gasteiger partial charge in [-0.05, 0) is 30.3 Å². The molecule has 0 saturated carbocycles. The van der Waals surface area contributed by atoms with Gasteiger partial charge in [0.15, 0.2) is 0 Å². The maximum Gasteiger partial charge on any atom is 0.144 e. The molecule has 0 saturated heterocycles. The van der Waals surface area contributed by atoms with E-state index in [0.717, 1.165) is 11.3 Å². The quantitative estimate of drug-likeness (QED) is 0.767. The molecule has 0 radical (unpaired) electrons. The minimum Gasteiger partial charge on any atom is -0.497 e. The van der Waals surface area contributed by atoms with E-state index < -0.39 is 0 Å². The maximum absolute atomic E-state index is 5.33. The summed E-state index contributed by atoms with van der Waals surface area (Å²) in [6.07, 6.45) is 1.71. The SMILES string of the molecule is COc1ccc(OC)c(C=Nc2cc(OC)ccc2OC)c1. The Labute approximate surface area is 130 Å². The molecule has 0 spiro atoms. The molecule has 0 fully saturated rings. The third-order valence-electron chi connectivity index (χ3n) is 3.17. The van der Waals surface area contributed by atoms with Crippen molar-refractivity contribution in [2.24, 2.45) is 4.99 Å². The van der Waals surface area contributed by atoms with Crippen LogP contribution < -0.4 is 18.9 Å². The zero-order chi connectivity index (χ0) is 15.9. The molecule has 0 aliphatic carbocycles. The molecule has 5 nitrogen and oxygen atoms in total.